The van der Waals surface area contributed by atoms with E-state index in [1.54, 1.807) is 24.3 Å². The zero-order valence-electron chi connectivity index (χ0n) is 13.7. The number of esters is 1. The van der Waals surface area contributed by atoms with Crippen LogP contribution in [0.3, 0.4) is 0 Å². The third kappa shape index (κ3) is 3.24. The van der Waals surface area contributed by atoms with Gasteiger partial charge in [0.1, 0.15) is 11.7 Å². The van der Waals surface area contributed by atoms with E-state index in [0.29, 0.717) is 27.7 Å². The van der Waals surface area contributed by atoms with Gasteiger partial charge in [-0.1, -0.05) is 25.1 Å². The lowest BCUT2D eigenvalue weighted by atomic mass is 9.78. The highest BCUT2D eigenvalue weighted by Gasteiger charge is 2.45. The summed E-state index contributed by atoms with van der Waals surface area (Å²) in [5.41, 5.74) is 0.942. The molecule has 1 amide bonds. The van der Waals surface area contributed by atoms with Crippen molar-refractivity contribution < 1.29 is 19.1 Å². The van der Waals surface area contributed by atoms with Crippen LogP contribution >= 0.6 is 11.8 Å². The van der Waals surface area contributed by atoms with Gasteiger partial charge in [-0.05, 0) is 11.8 Å². The fourth-order valence-corrected chi connectivity index (χ4v) is 3.51. The van der Waals surface area contributed by atoms with Crippen LogP contribution in [0.5, 0.6) is 5.75 Å². The molecule has 0 aliphatic carbocycles. The lowest BCUT2D eigenvalue weighted by molar-refractivity contribution is -0.150. The van der Waals surface area contributed by atoms with E-state index >= 15 is 0 Å². The summed E-state index contributed by atoms with van der Waals surface area (Å²) in [5.74, 6) is -1.85. The predicted octanol–water partition coefficient (Wildman–Crippen LogP) is 2.19. The van der Waals surface area contributed by atoms with Crippen molar-refractivity contribution in [3.05, 3.63) is 40.4 Å². The maximum atomic E-state index is 12.5. The SMILES string of the molecule is CCSC1=C(C#N)[C@H](c2ccccc2OC)[C@H](C(=O)OC)C(=O)N1. The van der Waals surface area contributed by atoms with Crippen molar-refractivity contribution in [1.29, 1.82) is 5.26 Å². The van der Waals surface area contributed by atoms with Crippen LogP contribution in [-0.2, 0) is 14.3 Å². The highest BCUT2D eigenvalue weighted by Crippen LogP contribution is 2.43. The highest BCUT2D eigenvalue weighted by molar-refractivity contribution is 8.03. The lowest BCUT2D eigenvalue weighted by Crippen LogP contribution is -2.44. The summed E-state index contributed by atoms with van der Waals surface area (Å²) in [7, 11) is 2.73. The van der Waals surface area contributed by atoms with Crippen LogP contribution in [-0.4, -0.2) is 31.8 Å². The second-order valence-electron chi connectivity index (χ2n) is 5.00. The molecule has 126 valence electrons. The predicted molar refractivity (Wildman–Crippen MR) is 90.2 cm³/mol. The molecule has 2 atom stereocenters. The van der Waals surface area contributed by atoms with Crippen LogP contribution in [0.4, 0.5) is 0 Å². The van der Waals surface area contributed by atoms with Crippen LogP contribution in [0, 0.1) is 17.2 Å². The molecule has 0 spiro atoms. The number of thioether (sulfide) groups is 1. The average Bonchev–Trinajstić information content (AvgIpc) is 2.60. The minimum Gasteiger partial charge on any atom is -0.496 e. The molecule has 1 N–H and O–H groups in total. The summed E-state index contributed by atoms with van der Waals surface area (Å²) in [4.78, 5) is 24.7. The Kier molecular flexibility index (Phi) is 5.88. The number of nitriles is 1. The van der Waals surface area contributed by atoms with Gasteiger partial charge in [-0.15, -0.1) is 11.8 Å². The first-order chi connectivity index (χ1) is 11.6. The van der Waals surface area contributed by atoms with E-state index in [2.05, 4.69) is 11.4 Å². The molecule has 0 fully saturated rings. The molecule has 1 heterocycles. The molecule has 7 heteroatoms. The molecule has 0 saturated carbocycles. The zero-order chi connectivity index (χ0) is 17.7. The largest absolute Gasteiger partial charge is 0.496 e. The summed E-state index contributed by atoms with van der Waals surface area (Å²) < 4.78 is 10.2. The summed E-state index contributed by atoms with van der Waals surface area (Å²) in [5, 5.41) is 12.8. The van der Waals surface area contributed by atoms with Crippen molar-refractivity contribution in [1.82, 2.24) is 5.32 Å². The van der Waals surface area contributed by atoms with Gasteiger partial charge < -0.3 is 14.8 Å². The Balaban J connectivity index is 2.69. The fraction of sp³-hybridized carbons (Fsp3) is 0.353. The van der Waals surface area contributed by atoms with Crippen molar-refractivity contribution in [3.8, 4) is 11.8 Å². The number of allylic oxidation sites excluding steroid dienone is 1. The van der Waals surface area contributed by atoms with Gasteiger partial charge in [-0.25, -0.2) is 0 Å². The second kappa shape index (κ2) is 7.88. The molecular formula is C17H18N2O4S. The van der Waals surface area contributed by atoms with Crippen molar-refractivity contribution in [2.24, 2.45) is 5.92 Å². The Bertz CT molecular complexity index is 724. The molecule has 0 aromatic heterocycles. The van der Waals surface area contributed by atoms with Gasteiger partial charge in [0.25, 0.3) is 0 Å². The number of benzene rings is 1. The molecule has 6 nitrogen and oxygen atoms in total. The van der Waals surface area contributed by atoms with Gasteiger partial charge in [0.15, 0.2) is 0 Å². The maximum absolute atomic E-state index is 12.5. The highest BCUT2D eigenvalue weighted by atomic mass is 32.2. The number of ether oxygens (including phenoxy) is 2. The molecule has 1 aliphatic rings. The minimum absolute atomic E-state index is 0.335. The number of rotatable bonds is 5. The fourth-order valence-electron chi connectivity index (χ4n) is 2.72. The van der Waals surface area contributed by atoms with Crippen molar-refractivity contribution >= 4 is 23.6 Å². The molecule has 0 radical (unpaired) electrons. The first-order valence-corrected chi connectivity index (χ1v) is 8.36. The molecular weight excluding hydrogens is 328 g/mol. The van der Waals surface area contributed by atoms with Gasteiger partial charge in [0.05, 0.1) is 30.9 Å². The number of amides is 1. The Labute approximate surface area is 144 Å². The summed E-state index contributed by atoms with van der Waals surface area (Å²) in [6, 6.07) is 9.20. The van der Waals surface area contributed by atoms with Gasteiger partial charge in [-0.2, -0.15) is 5.26 Å². The molecule has 1 aliphatic heterocycles. The van der Waals surface area contributed by atoms with Crippen LogP contribution in [0.25, 0.3) is 0 Å². The smallest absolute Gasteiger partial charge is 0.319 e. The minimum atomic E-state index is -1.14. The van der Waals surface area contributed by atoms with E-state index in [1.807, 2.05) is 6.92 Å². The van der Waals surface area contributed by atoms with E-state index < -0.39 is 23.7 Å². The monoisotopic (exact) mass is 346 g/mol. The zero-order valence-corrected chi connectivity index (χ0v) is 14.5. The number of carbonyl (C=O) groups is 2. The first-order valence-electron chi connectivity index (χ1n) is 7.37. The van der Waals surface area contributed by atoms with Gasteiger partial charge in [-0.3, -0.25) is 9.59 Å². The Morgan fingerprint density at radius 2 is 2.08 bits per heavy atom. The standard InChI is InChI=1S/C17H18N2O4S/c1-4-24-16-11(9-18)13(10-7-5-6-8-12(10)22-2)14(15(20)19-16)17(21)23-3/h5-8,13-14H,4H2,1-3H3,(H,19,20)/t13-,14-/m0/s1. The van der Waals surface area contributed by atoms with Crippen LogP contribution in [0.2, 0.25) is 0 Å². The van der Waals surface area contributed by atoms with Gasteiger partial charge in [0, 0.05) is 11.5 Å². The summed E-state index contributed by atoms with van der Waals surface area (Å²) in [6.45, 7) is 1.92. The van der Waals surface area contributed by atoms with E-state index in [9.17, 15) is 14.9 Å². The Morgan fingerprint density at radius 1 is 1.38 bits per heavy atom. The van der Waals surface area contributed by atoms with Crippen molar-refractivity contribution in [2.45, 2.75) is 12.8 Å². The summed E-state index contributed by atoms with van der Waals surface area (Å²) in [6.07, 6.45) is 0. The van der Waals surface area contributed by atoms with E-state index in [0.717, 1.165) is 0 Å². The average molecular weight is 346 g/mol. The number of methoxy groups -OCH3 is 2. The number of carbonyl (C=O) groups excluding carboxylic acids is 2. The molecule has 2 rings (SSSR count). The Morgan fingerprint density at radius 3 is 2.67 bits per heavy atom. The normalized spacial score (nSPS) is 20.2. The van der Waals surface area contributed by atoms with E-state index in [1.165, 1.54) is 26.0 Å². The molecule has 1 aromatic rings. The second-order valence-corrected chi connectivity index (χ2v) is 6.27. The van der Waals surface area contributed by atoms with Crippen LogP contribution in [0.15, 0.2) is 34.9 Å². The third-order valence-electron chi connectivity index (χ3n) is 3.75. The number of hydrogen-bond acceptors (Lipinski definition) is 6. The summed E-state index contributed by atoms with van der Waals surface area (Å²) >= 11 is 1.35. The molecule has 0 saturated heterocycles. The Hall–Kier alpha value is -2.46. The maximum Gasteiger partial charge on any atom is 0.319 e. The molecule has 24 heavy (non-hydrogen) atoms. The first kappa shape index (κ1) is 17.9. The van der Waals surface area contributed by atoms with Crippen molar-refractivity contribution in [2.75, 3.05) is 20.0 Å². The molecule has 0 bridgehead atoms. The van der Waals surface area contributed by atoms with Gasteiger partial charge >= 0.3 is 5.97 Å². The lowest BCUT2D eigenvalue weighted by Gasteiger charge is -2.31. The van der Waals surface area contributed by atoms with Gasteiger partial charge in [0.2, 0.25) is 5.91 Å². The number of nitrogens with one attached hydrogen (secondary N) is 1. The third-order valence-corrected chi connectivity index (χ3v) is 4.65. The van der Waals surface area contributed by atoms with E-state index in [-0.39, 0.29) is 0 Å². The molecule has 1 aromatic carbocycles. The van der Waals surface area contributed by atoms with E-state index in [4.69, 9.17) is 9.47 Å². The van der Waals surface area contributed by atoms with Crippen molar-refractivity contribution in [3.63, 3.8) is 0 Å². The number of para-hydroxylation sites is 1. The number of hydrogen-bond donors (Lipinski definition) is 1. The quantitative estimate of drug-likeness (QED) is 0.649. The number of nitrogens with zero attached hydrogens (tertiary/aromatic N) is 1. The molecule has 0 unspecified atom stereocenters. The van der Waals surface area contributed by atoms with Crippen LogP contribution in [0.1, 0.15) is 18.4 Å². The van der Waals surface area contributed by atoms with Crippen LogP contribution < -0.4 is 10.1 Å². The topological polar surface area (TPSA) is 88.4 Å².